The van der Waals surface area contributed by atoms with Gasteiger partial charge in [-0.05, 0) is 24.1 Å². The lowest BCUT2D eigenvalue weighted by Gasteiger charge is -2.17. The molecule has 0 aliphatic rings. The summed E-state index contributed by atoms with van der Waals surface area (Å²) in [4.78, 5) is 4.06. The lowest BCUT2D eigenvalue weighted by Crippen LogP contribution is -2.27. The molecule has 2 N–H and O–H groups in total. The van der Waals surface area contributed by atoms with E-state index in [0.717, 1.165) is 0 Å². The minimum atomic E-state index is -3.64. The summed E-state index contributed by atoms with van der Waals surface area (Å²) >= 11 is 0. The van der Waals surface area contributed by atoms with Crippen LogP contribution in [0.4, 0.5) is 0 Å². The zero-order chi connectivity index (χ0) is 15.5. The third-order valence-electron chi connectivity index (χ3n) is 3.18. The van der Waals surface area contributed by atoms with Gasteiger partial charge in [-0.15, -0.1) is 0 Å². The van der Waals surface area contributed by atoms with Crippen LogP contribution in [0.5, 0.6) is 0 Å². The van der Waals surface area contributed by atoms with Gasteiger partial charge in [-0.25, -0.2) is 13.4 Å². The van der Waals surface area contributed by atoms with Gasteiger partial charge in [-0.2, -0.15) is 9.40 Å². The van der Waals surface area contributed by atoms with Crippen LogP contribution in [0.3, 0.4) is 0 Å². The van der Waals surface area contributed by atoms with Crippen LogP contribution in [-0.2, 0) is 16.6 Å². The van der Waals surface area contributed by atoms with Gasteiger partial charge in [0.2, 0.25) is 10.0 Å². The van der Waals surface area contributed by atoms with Crippen molar-refractivity contribution in [3.05, 3.63) is 42.0 Å². The van der Waals surface area contributed by atoms with E-state index in [1.165, 1.54) is 29.8 Å². The molecule has 0 bridgehead atoms. The van der Waals surface area contributed by atoms with Crippen LogP contribution >= 0.6 is 0 Å². The summed E-state index contributed by atoms with van der Waals surface area (Å²) in [7, 11) is -2.17. The largest absolute Gasteiger partial charge is 0.388 e. The number of hydrogen-bond acceptors (Lipinski definition) is 5. The number of aliphatic hydroxyl groups is 1. The fourth-order valence-electron chi connectivity index (χ4n) is 1.90. The van der Waals surface area contributed by atoms with Gasteiger partial charge in [0.15, 0.2) is 0 Å². The van der Waals surface area contributed by atoms with Gasteiger partial charge < -0.3 is 5.11 Å². The fraction of sp³-hybridized carbons (Fsp3) is 0.385. The maximum absolute atomic E-state index is 12.5. The number of sulfonamides is 1. The molecule has 1 unspecified atom stereocenters. The quantitative estimate of drug-likeness (QED) is 0.831. The van der Waals surface area contributed by atoms with Crippen molar-refractivity contribution in [2.24, 2.45) is 0 Å². The molecule has 2 aromatic rings. The standard InChI is InChI=1S/C13H18N4O3S/c1-3-12(18)10-5-4-6-11(7-10)21(19,20)17(2)8-13-14-9-15-16-13/h4-7,9,12,18H,3,8H2,1-2H3,(H,14,15,16). The molecule has 2 rings (SSSR count). The molecule has 1 atom stereocenters. The first-order chi connectivity index (χ1) is 9.95. The van der Waals surface area contributed by atoms with Crippen LogP contribution in [0.2, 0.25) is 0 Å². The molecular formula is C13H18N4O3S. The van der Waals surface area contributed by atoms with Gasteiger partial charge in [0.05, 0.1) is 17.5 Å². The second-order valence-corrected chi connectivity index (χ2v) is 6.73. The van der Waals surface area contributed by atoms with E-state index in [1.807, 2.05) is 6.92 Å². The van der Waals surface area contributed by atoms with Crippen molar-refractivity contribution in [1.29, 1.82) is 0 Å². The summed E-state index contributed by atoms with van der Waals surface area (Å²) in [6.45, 7) is 1.94. The van der Waals surface area contributed by atoms with Crippen LogP contribution in [-0.4, -0.2) is 40.1 Å². The van der Waals surface area contributed by atoms with Crippen LogP contribution < -0.4 is 0 Å². The van der Waals surface area contributed by atoms with Crippen molar-refractivity contribution in [3.63, 3.8) is 0 Å². The summed E-state index contributed by atoms with van der Waals surface area (Å²) in [5, 5.41) is 16.1. The van der Waals surface area contributed by atoms with Crippen LogP contribution in [0, 0.1) is 0 Å². The van der Waals surface area contributed by atoms with E-state index in [4.69, 9.17) is 0 Å². The molecule has 1 aromatic carbocycles. The Morgan fingerprint density at radius 3 is 2.81 bits per heavy atom. The highest BCUT2D eigenvalue weighted by molar-refractivity contribution is 7.89. The maximum Gasteiger partial charge on any atom is 0.243 e. The second-order valence-electron chi connectivity index (χ2n) is 4.69. The minimum absolute atomic E-state index is 0.100. The van der Waals surface area contributed by atoms with E-state index in [1.54, 1.807) is 12.1 Å². The second kappa shape index (κ2) is 6.33. The van der Waals surface area contributed by atoms with E-state index in [0.29, 0.717) is 17.8 Å². The molecule has 1 heterocycles. The molecule has 21 heavy (non-hydrogen) atoms. The number of hydrogen-bond donors (Lipinski definition) is 2. The Labute approximate surface area is 123 Å². The maximum atomic E-state index is 12.5. The number of nitrogens with zero attached hydrogens (tertiary/aromatic N) is 3. The number of nitrogens with one attached hydrogen (secondary N) is 1. The monoisotopic (exact) mass is 310 g/mol. The van der Waals surface area contributed by atoms with Gasteiger partial charge in [0, 0.05) is 7.05 Å². The number of aromatic nitrogens is 3. The Kier molecular flexibility index (Phi) is 4.71. The van der Waals surface area contributed by atoms with Crippen molar-refractivity contribution in [2.75, 3.05) is 7.05 Å². The Balaban J connectivity index is 2.26. The SMILES string of the molecule is CCC(O)c1cccc(S(=O)(=O)N(C)Cc2ncn[nH]2)c1. The van der Waals surface area contributed by atoms with Crippen molar-refractivity contribution < 1.29 is 13.5 Å². The predicted molar refractivity (Wildman–Crippen MR) is 76.7 cm³/mol. The van der Waals surface area contributed by atoms with Crippen molar-refractivity contribution in [1.82, 2.24) is 19.5 Å². The van der Waals surface area contributed by atoms with Crippen molar-refractivity contribution in [3.8, 4) is 0 Å². The third-order valence-corrected chi connectivity index (χ3v) is 4.97. The minimum Gasteiger partial charge on any atom is -0.388 e. The zero-order valence-corrected chi connectivity index (χ0v) is 12.7. The van der Waals surface area contributed by atoms with E-state index >= 15 is 0 Å². The summed E-state index contributed by atoms with van der Waals surface area (Å²) in [5.41, 5.74) is 0.589. The third kappa shape index (κ3) is 3.46. The van der Waals surface area contributed by atoms with E-state index in [-0.39, 0.29) is 11.4 Å². The van der Waals surface area contributed by atoms with Gasteiger partial charge in [-0.1, -0.05) is 19.1 Å². The molecule has 0 saturated heterocycles. The molecule has 7 nitrogen and oxygen atoms in total. The molecule has 0 fully saturated rings. The number of benzene rings is 1. The van der Waals surface area contributed by atoms with E-state index in [9.17, 15) is 13.5 Å². The number of aliphatic hydroxyl groups excluding tert-OH is 1. The smallest absolute Gasteiger partial charge is 0.243 e. The molecule has 0 radical (unpaired) electrons. The Morgan fingerprint density at radius 2 is 2.19 bits per heavy atom. The van der Waals surface area contributed by atoms with Gasteiger partial charge in [-0.3, -0.25) is 5.10 Å². The average molecular weight is 310 g/mol. The molecule has 0 saturated carbocycles. The molecule has 0 amide bonds. The number of aromatic amines is 1. The predicted octanol–water partition coefficient (Wildman–Crippen LogP) is 1.07. The number of rotatable bonds is 6. The van der Waals surface area contributed by atoms with Gasteiger partial charge >= 0.3 is 0 Å². The van der Waals surface area contributed by atoms with E-state index in [2.05, 4.69) is 15.2 Å². The zero-order valence-electron chi connectivity index (χ0n) is 11.9. The molecule has 0 aliphatic heterocycles. The summed E-state index contributed by atoms with van der Waals surface area (Å²) in [6, 6.07) is 6.35. The van der Waals surface area contributed by atoms with Gasteiger partial charge in [0.25, 0.3) is 0 Å². The van der Waals surface area contributed by atoms with Gasteiger partial charge in [0.1, 0.15) is 12.2 Å². The highest BCUT2D eigenvalue weighted by Gasteiger charge is 2.22. The number of H-pyrrole nitrogens is 1. The van der Waals surface area contributed by atoms with Crippen LogP contribution in [0.25, 0.3) is 0 Å². The summed E-state index contributed by atoms with van der Waals surface area (Å²) in [6.07, 6.45) is 1.19. The molecule has 114 valence electrons. The van der Waals surface area contributed by atoms with Crippen molar-refractivity contribution >= 4 is 10.0 Å². The molecule has 1 aromatic heterocycles. The Hall–Kier alpha value is -1.77. The first kappa shape index (κ1) is 15.6. The topological polar surface area (TPSA) is 99.2 Å². The first-order valence-electron chi connectivity index (χ1n) is 6.53. The highest BCUT2D eigenvalue weighted by Crippen LogP contribution is 2.22. The average Bonchev–Trinajstić information content (AvgIpc) is 2.99. The molecule has 0 spiro atoms. The molecular weight excluding hydrogens is 292 g/mol. The molecule has 0 aliphatic carbocycles. The first-order valence-corrected chi connectivity index (χ1v) is 7.97. The fourth-order valence-corrected chi connectivity index (χ4v) is 3.09. The lowest BCUT2D eigenvalue weighted by molar-refractivity contribution is 0.173. The lowest BCUT2D eigenvalue weighted by atomic mass is 10.1. The van der Waals surface area contributed by atoms with Crippen molar-refractivity contribution in [2.45, 2.75) is 30.9 Å². The van der Waals surface area contributed by atoms with Crippen LogP contribution in [0.15, 0.2) is 35.5 Å². The Morgan fingerprint density at radius 1 is 1.43 bits per heavy atom. The molecule has 8 heteroatoms. The summed E-state index contributed by atoms with van der Waals surface area (Å²) in [5.74, 6) is 0.464. The Bertz CT molecular complexity index is 685. The summed E-state index contributed by atoms with van der Waals surface area (Å²) < 4.78 is 26.2. The normalized spacial score (nSPS) is 13.5. The van der Waals surface area contributed by atoms with E-state index < -0.39 is 16.1 Å². The van der Waals surface area contributed by atoms with Crippen LogP contribution in [0.1, 0.15) is 30.8 Å². The highest BCUT2D eigenvalue weighted by atomic mass is 32.2.